The van der Waals surface area contributed by atoms with Gasteiger partial charge in [0, 0.05) is 24.8 Å². The highest BCUT2D eigenvalue weighted by atomic mass is 16.2. The zero-order chi connectivity index (χ0) is 20.1. The van der Waals surface area contributed by atoms with Crippen LogP contribution in [-0.2, 0) is 11.2 Å². The molecule has 1 atom stereocenters. The van der Waals surface area contributed by atoms with Gasteiger partial charge in [-0.25, -0.2) is 4.98 Å². The molecule has 1 aromatic carbocycles. The van der Waals surface area contributed by atoms with Gasteiger partial charge < -0.3 is 16.0 Å². The lowest BCUT2D eigenvalue weighted by molar-refractivity contribution is -0.116. The Hall–Kier alpha value is -2.40. The summed E-state index contributed by atoms with van der Waals surface area (Å²) in [6, 6.07) is 12.3. The summed E-state index contributed by atoms with van der Waals surface area (Å²) in [6.45, 7) is 8.92. The van der Waals surface area contributed by atoms with Gasteiger partial charge in [-0.1, -0.05) is 25.1 Å². The van der Waals surface area contributed by atoms with E-state index in [4.69, 9.17) is 5.73 Å². The third-order valence-electron chi connectivity index (χ3n) is 5.56. The lowest BCUT2D eigenvalue weighted by atomic mass is 9.86. The molecule has 1 amide bonds. The second-order valence-electron chi connectivity index (χ2n) is 8.06. The number of rotatable bonds is 1. The number of amides is 1. The van der Waals surface area contributed by atoms with Crippen LogP contribution < -0.4 is 16.0 Å². The lowest BCUT2D eigenvalue weighted by Gasteiger charge is -2.33. The van der Waals surface area contributed by atoms with E-state index in [-0.39, 0.29) is 5.91 Å². The van der Waals surface area contributed by atoms with E-state index < -0.39 is 0 Å². The maximum atomic E-state index is 11.8. The predicted octanol–water partition coefficient (Wildman–Crippen LogP) is 3.67. The van der Waals surface area contributed by atoms with Crippen LogP contribution in [0.4, 0.5) is 11.5 Å². The number of fused-ring (bicyclic) bond motifs is 1. The molecular weight excluding hydrogens is 348 g/mol. The number of nitrogens with one attached hydrogen (secondary N) is 1. The van der Waals surface area contributed by atoms with Gasteiger partial charge in [-0.2, -0.15) is 0 Å². The van der Waals surface area contributed by atoms with E-state index in [1.807, 2.05) is 24.0 Å². The molecule has 150 valence electrons. The highest BCUT2D eigenvalue weighted by molar-refractivity contribution is 5.92. The van der Waals surface area contributed by atoms with Crippen molar-refractivity contribution in [2.45, 2.75) is 46.0 Å². The Balaban J connectivity index is 0.000000236. The molecule has 0 unspecified atom stereocenters. The molecule has 3 N–H and O–H groups in total. The molecule has 1 saturated heterocycles. The fourth-order valence-electron chi connectivity index (χ4n) is 4.15. The Morgan fingerprint density at radius 3 is 2.57 bits per heavy atom. The summed E-state index contributed by atoms with van der Waals surface area (Å²) in [5, 5.41) is 3.42. The SMILES string of the molecule is CC(=O)N1C[C@H](C)Cc2cc(C3CCNCC3)ccc21.Cc1cccc(N)n1. The fourth-order valence-corrected chi connectivity index (χ4v) is 4.15. The molecule has 1 aromatic heterocycles. The van der Waals surface area contributed by atoms with Crippen molar-refractivity contribution in [1.82, 2.24) is 10.3 Å². The van der Waals surface area contributed by atoms with Crippen LogP contribution in [0.15, 0.2) is 36.4 Å². The number of nitrogens with zero attached hydrogens (tertiary/aromatic N) is 2. The van der Waals surface area contributed by atoms with E-state index in [0.717, 1.165) is 37.4 Å². The smallest absolute Gasteiger partial charge is 0.223 e. The number of piperidine rings is 1. The number of carbonyl (C=O) groups excluding carboxylic acids is 1. The van der Waals surface area contributed by atoms with Gasteiger partial charge in [0.05, 0.1) is 0 Å². The van der Waals surface area contributed by atoms with Crippen molar-refractivity contribution in [3.05, 3.63) is 53.2 Å². The summed E-state index contributed by atoms with van der Waals surface area (Å²) in [4.78, 5) is 17.7. The van der Waals surface area contributed by atoms with Crippen LogP contribution in [0.1, 0.15) is 49.4 Å². The molecule has 0 bridgehead atoms. The van der Waals surface area contributed by atoms with E-state index in [1.165, 1.54) is 24.0 Å². The van der Waals surface area contributed by atoms with Crippen LogP contribution in [-0.4, -0.2) is 30.5 Å². The Kier molecular flexibility index (Phi) is 6.68. The number of aromatic nitrogens is 1. The van der Waals surface area contributed by atoms with Crippen molar-refractivity contribution in [2.75, 3.05) is 30.3 Å². The number of aryl methyl sites for hydroxylation is 1. The van der Waals surface area contributed by atoms with E-state index >= 15 is 0 Å². The number of carbonyl (C=O) groups is 1. The summed E-state index contributed by atoms with van der Waals surface area (Å²) >= 11 is 0. The number of anilines is 2. The van der Waals surface area contributed by atoms with E-state index in [0.29, 0.717) is 17.7 Å². The summed E-state index contributed by atoms with van der Waals surface area (Å²) in [6.07, 6.45) is 3.55. The third kappa shape index (κ3) is 5.10. The Morgan fingerprint density at radius 2 is 1.96 bits per heavy atom. The zero-order valence-corrected chi connectivity index (χ0v) is 17.2. The van der Waals surface area contributed by atoms with Gasteiger partial charge >= 0.3 is 0 Å². The van der Waals surface area contributed by atoms with Gasteiger partial charge in [0.15, 0.2) is 0 Å². The Labute approximate surface area is 168 Å². The Morgan fingerprint density at radius 1 is 1.21 bits per heavy atom. The molecule has 3 heterocycles. The van der Waals surface area contributed by atoms with Crippen molar-refractivity contribution in [2.24, 2.45) is 5.92 Å². The molecule has 2 aromatic rings. The molecule has 0 spiro atoms. The van der Waals surface area contributed by atoms with Crippen molar-refractivity contribution < 1.29 is 4.79 Å². The number of hydrogen-bond donors (Lipinski definition) is 2. The minimum absolute atomic E-state index is 0.160. The van der Waals surface area contributed by atoms with Crippen molar-refractivity contribution in [3.8, 4) is 0 Å². The van der Waals surface area contributed by atoms with Crippen LogP contribution in [0, 0.1) is 12.8 Å². The molecule has 5 heteroatoms. The van der Waals surface area contributed by atoms with Crippen LogP contribution in [0.25, 0.3) is 0 Å². The molecule has 5 nitrogen and oxygen atoms in total. The third-order valence-corrected chi connectivity index (χ3v) is 5.56. The molecule has 0 radical (unpaired) electrons. The van der Waals surface area contributed by atoms with Gasteiger partial charge in [-0.05, 0) is 80.4 Å². The Bertz CT molecular complexity index is 797. The van der Waals surface area contributed by atoms with Gasteiger partial charge in [-0.15, -0.1) is 0 Å². The normalized spacial score (nSPS) is 19.4. The summed E-state index contributed by atoms with van der Waals surface area (Å²) in [5.41, 5.74) is 10.3. The van der Waals surface area contributed by atoms with Gasteiger partial charge in [-0.3, -0.25) is 4.79 Å². The molecular formula is C23H32N4O. The number of benzene rings is 1. The lowest BCUT2D eigenvalue weighted by Crippen LogP contribution is -2.37. The van der Waals surface area contributed by atoms with E-state index in [1.54, 1.807) is 13.0 Å². The van der Waals surface area contributed by atoms with Gasteiger partial charge in [0.25, 0.3) is 0 Å². The maximum absolute atomic E-state index is 11.8. The summed E-state index contributed by atoms with van der Waals surface area (Å²) in [5.74, 6) is 1.98. The summed E-state index contributed by atoms with van der Waals surface area (Å²) in [7, 11) is 0. The highest BCUT2D eigenvalue weighted by Crippen LogP contribution is 2.34. The van der Waals surface area contributed by atoms with Crippen LogP contribution in [0.5, 0.6) is 0 Å². The highest BCUT2D eigenvalue weighted by Gasteiger charge is 2.25. The average molecular weight is 381 g/mol. The topological polar surface area (TPSA) is 71.2 Å². The van der Waals surface area contributed by atoms with Crippen LogP contribution >= 0.6 is 0 Å². The standard InChI is InChI=1S/C17H24N2O.C6H8N2/c1-12-9-16-10-15(14-5-7-18-8-6-14)3-4-17(16)19(11-12)13(2)20;1-5-3-2-4-6(7)8-5/h3-4,10,12,14,18H,5-9,11H2,1-2H3;2-4H,1H3,(H2,7,8)/t12-;/m1./s1. The molecule has 4 rings (SSSR count). The van der Waals surface area contributed by atoms with Crippen molar-refractivity contribution >= 4 is 17.4 Å². The van der Waals surface area contributed by atoms with Crippen LogP contribution in [0.2, 0.25) is 0 Å². The molecule has 2 aliphatic rings. The van der Waals surface area contributed by atoms with Gasteiger partial charge in [0.2, 0.25) is 5.91 Å². The number of hydrogen-bond acceptors (Lipinski definition) is 4. The monoisotopic (exact) mass is 380 g/mol. The fraction of sp³-hybridized carbons (Fsp3) is 0.478. The second-order valence-corrected chi connectivity index (χ2v) is 8.06. The van der Waals surface area contributed by atoms with Crippen molar-refractivity contribution in [3.63, 3.8) is 0 Å². The zero-order valence-electron chi connectivity index (χ0n) is 17.2. The second kappa shape index (κ2) is 9.20. The van der Waals surface area contributed by atoms with Crippen LogP contribution in [0.3, 0.4) is 0 Å². The number of pyridine rings is 1. The van der Waals surface area contributed by atoms with Crippen molar-refractivity contribution in [1.29, 1.82) is 0 Å². The minimum Gasteiger partial charge on any atom is -0.384 e. The predicted molar refractivity (Wildman–Crippen MR) is 116 cm³/mol. The molecule has 1 fully saturated rings. The van der Waals surface area contributed by atoms with Gasteiger partial charge in [0.1, 0.15) is 5.82 Å². The first-order chi connectivity index (χ1) is 13.4. The largest absolute Gasteiger partial charge is 0.384 e. The minimum atomic E-state index is 0.160. The first-order valence-corrected chi connectivity index (χ1v) is 10.2. The molecule has 28 heavy (non-hydrogen) atoms. The summed E-state index contributed by atoms with van der Waals surface area (Å²) < 4.78 is 0. The number of nitrogen functional groups attached to an aromatic ring is 1. The molecule has 0 aliphatic carbocycles. The molecule has 0 saturated carbocycles. The molecule has 2 aliphatic heterocycles. The van der Waals surface area contributed by atoms with E-state index in [9.17, 15) is 4.79 Å². The maximum Gasteiger partial charge on any atom is 0.223 e. The van der Waals surface area contributed by atoms with E-state index in [2.05, 4.69) is 35.4 Å². The number of nitrogens with two attached hydrogens (primary N) is 1. The first kappa shape index (κ1) is 20.3. The first-order valence-electron chi connectivity index (χ1n) is 10.2. The quantitative estimate of drug-likeness (QED) is 0.792. The average Bonchev–Trinajstić information content (AvgIpc) is 2.67.